The molecule has 7 heteroatoms. The molecule has 2 N–H and O–H groups in total. The van der Waals surface area contributed by atoms with Gasteiger partial charge in [-0.15, -0.1) is 0 Å². The van der Waals surface area contributed by atoms with E-state index in [4.69, 9.17) is 4.74 Å². The van der Waals surface area contributed by atoms with E-state index in [-0.39, 0.29) is 0 Å². The van der Waals surface area contributed by atoms with Crippen LogP contribution in [-0.4, -0.2) is 83.2 Å². The van der Waals surface area contributed by atoms with Gasteiger partial charge in [0.2, 0.25) is 0 Å². The van der Waals surface area contributed by atoms with Crippen molar-refractivity contribution in [3.8, 4) is 5.75 Å². The highest BCUT2D eigenvalue weighted by Gasteiger charge is 2.18. The van der Waals surface area contributed by atoms with E-state index in [9.17, 15) is 5.11 Å². The average molecular weight is 402 g/mol. The van der Waals surface area contributed by atoms with Crippen LogP contribution in [0.3, 0.4) is 0 Å². The molecule has 1 saturated heterocycles. The number of nitrogens with one attached hydrogen (secondary N) is 1. The number of rotatable bonds is 12. The summed E-state index contributed by atoms with van der Waals surface area (Å²) in [5.41, 5.74) is 1.19. The number of aromatic nitrogens is 2. The Hall–Kier alpha value is -1.93. The second-order valence-corrected chi connectivity index (χ2v) is 7.65. The van der Waals surface area contributed by atoms with Gasteiger partial charge in [0.05, 0.1) is 0 Å². The molecule has 1 aromatic heterocycles. The molecular formula is C22H35N5O2. The maximum absolute atomic E-state index is 10.3. The number of benzene rings is 1. The molecule has 0 saturated carbocycles. The highest BCUT2D eigenvalue weighted by molar-refractivity contribution is 5.28. The standard InChI is InChI=1S/C22H35N5O2/c1-2-25-12-14-26(15-13-25)18-21(28)19-29-22-7-3-6-20(16-22)17-23-8-4-10-27-11-5-9-24-27/h3,5-7,9,11,16,21,23,28H,2,4,8,10,12-15,17-19H2,1H3. The number of nitrogens with zero attached hydrogens (tertiary/aromatic N) is 4. The van der Waals surface area contributed by atoms with Crippen molar-refractivity contribution in [2.45, 2.75) is 32.5 Å². The number of β-amino-alcohol motifs (C(OH)–C–C–N with tert-alkyl or cyclic N) is 1. The van der Waals surface area contributed by atoms with Crippen molar-refractivity contribution >= 4 is 0 Å². The van der Waals surface area contributed by atoms with Gasteiger partial charge in [0, 0.05) is 58.2 Å². The lowest BCUT2D eigenvalue weighted by Gasteiger charge is -2.34. The molecule has 0 amide bonds. The smallest absolute Gasteiger partial charge is 0.119 e. The average Bonchev–Trinajstić information content (AvgIpc) is 3.26. The fourth-order valence-electron chi connectivity index (χ4n) is 3.61. The van der Waals surface area contributed by atoms with E-state index in [2.05, 4.69) is 33.2 Å². The number of hydrogen-bond acceptors (Lipinski definition) is 6. The SMILES string of the molecule is CCN1CCN(CC(O)COc2cccc(CNCCCn3cccn3)c2)CC1. The Morgan fingerprint density at radius 3 is 2.76 bits per heavy atom. The van der Waals surface area contributed by atoms with E-state index in [0.29, 0.717) is 13.2 Å². The van der Waals surface area contributed by atoms with E-state index in [0.717, 1.165) is 64.5 Å². The molecule has 0 aliphatic carbocycles. The van der Waals surface area contributed by atoms with Crippen LogP contribution in [0.5, 0.6) is 5.75 Å². The zero-order valence-corrected chi connectivity index (χ0v) is 17.5. The maximum atomic E-state index is 10.3. The van der Waals surface area contributed by atoms with Crippen LogP contribution in [0.1, 0.15) is 18.9 Å². The molecule has 160 valence electrons. The summed E-state index contributed by atoms with van der Waals surface area (Å²) in [6.07, 6.45) is 4.37. The molecule has 7 nitrogen and oxygen atoms in total. The largest absolute Gasteiger partial charge is 0.491 e. The highest BCUT2D eigenvalue weighted by atomic mass is 16.5. The topological polar surface area (TPSA) is 65.8 Å². The zero-order valence-electron chi connectivity index (χ0n) is 17.5. The molecular weight excluding hydrogens is 366 g/mol. The van der Waals surface area contributed by atoms with E-state index >= 15 is 0 Å². The van der Waals surface area contributed by atoms with Gasteiger partial charge in [-0.1, -0.05) is 19.1 Å². The van der Waals surface area contributed by atoms with Crippen LogP contribution in [-0.2, 0) is 13.1 Å². The van der Waals surface area contributed by atoms with Crippen LogP contribution < -0.4 is 10.1 Å². The van der Waals surface area contributed by atoms with Gasteiger partial charge in [-0.2, -0.15) is 5.10 Å². The fraction of sp³-hybridized carbons (Fsp3) is 0.591. The van der Waals surface area contributed by atoms with Crippen LogP contribution in [0, 0.1) is 0 Å². The summed E-state index contributed by atoms with van der Waals surface area (Å²) < 4.78 is 7.79. The van der Waals surface area contributed by atoms with Crippen LogP contribution in [0.4, 0.5) is 0 Å². The summed E-state index contributed by atoms with van der Waals surface area (Å²) in [5, 5.41) is 18.0. The summed E-state index contributed by atoms with van der Waals surface area (Å²) in [5.74, 6) is 0.815. The van der Waals surface area contributed by atoms with Crippen molar-refractivity contribution in [2.24, 2.45) is 0 Å². The lowest BCUT2D eigenvalue weighted by molar-refractivity contribution is 0.0471. The lowest BCUT2D eigenvalue weighted by atomic mass is 10.2. The van der Waals surface area contributed by atoms with Crippen molar-refractivity contribution in [1.82, 2.24) is 24.9 Å². The second kappa shape index (κ2) is 11.9. The molecule has 1 aliphatic rings. The first kappa shape index (κ1) is 21.8. The van der Waals surface area contributed by atoms with Gasteiger partial charge in [-0.3, -0.25) is 9.58 Å². The van der Waals surface area contributed by atoms with Crippen molar-refractivity contribution in [1.29, 1.82) is 0 Å². The molecule has 0 bridgehead atoms. The predicted molar refractivity (Wildman–Crippen MR) is 115 cm³/mol. The van der Waals surface area contributed by atoms with E-state index in [1.165, 1.54) is 5.56 Å². The minimum absolute atomic E-state index is 0.328. The Morgan fingerprint density at radius 2 is 2.00 bits per heavy atom. The van der Waals surface area contributed by atoms with Crippen molar-refractivity contribution < 1.29 is 9.84 Å². The number of aliphatic hydroxyl groups is 1. The molecule has 29 heavy (non-hydrogen) atoms. The summed E-state index contributed by atoms with van der Waals surface area (Å²) in [4.78, 5) is 4.76. The summed E-state index contributed by atoms with van der Waals surface area (Å²) >= 11 is 0. The number of likely N-dealkylation sites (N-methyl/N-ethyl adjacent to an activating group) is 1. The Labute approximate surface area is 174 Å². The molecule has 1 atom stereocenters. The van der Waals surface area contributed by atoms with Gasteiger partial charge >= 0.3 is 0 Å². The monoisotopic (exact) mass is 401 g/mol. The molecule has 0 spiro atoms. The summed E-state index contributed by atoms with van der Waals surface area (Å²) in [6, 6.07) is 10.0. The zero-order chi connectivity index (χ0) is 20.3. The minimum Gasteiger partial charge on any atom is -0.491 e. The van der Waals surface area contributed by atoms with Crippen molar-refractivity contribution in [2.75, 3.05) is 52.4 Å². The van der Waals surface area contributed by atoms with Gasteiger partial charge < -0.3 is 20.1 Å². The number of aryl methyl sites for hydroxylation is 1. The van der Waals surface area contributed by atoms with Crippen LogP contribution in [0.25, 0.3) is 0 Å². The normalized spacial score (nSPS) is 16.8. The summed E-state index contributed by atoms with van der Waals surface area (Å²) in [7, 11) is 0. The highest BCUT2D eigenvalue weighted by Crippen LogP contribution is 2.14. The van der Waals surface area contributed by atoms with E-state index < -0.39 is 6.10 Å². The molecule has 1 aliphatic heterocycles. The minimum atomic E-state index is -0.466. The Bertz CT molecular complexity index is 686. The number of piperazine rings is 1. The molecule has 1 fully saturated rings. The van der Waals surface area contributed by atoms with E-state index in [1.807, 2.05) is 41.3 Å². The van der Waals surface area contributed by atoms with Gasteiger partial charge in [-0.25, -0.2) is 0 Å². The van der Waals surface area contributed by atoms with E-state index in [1.54, 1.807) is 0 Å². The molecule has 3 rings (SSSR count). The predicted octanol–water partition coefficient (Wildman–Crippen LogP) is 1.44. The molecule has 1 aromatic carbocycles. The van der Waals surface area contributed by atoms with Gasteiger partial charge in [0.1, 0.15) is 18.5 Å². The molecule has 2 aromatic rings. The number of hydrogen-bond donors (Lipinski definition) is 2. The Kier molecular flexibility index (Phi) is 8.95. The van der Waals surface area contributed by atoms with Gasteiger partial charge in [0.25, 0.3) is 0 Å². The van der Waals surface area contributed by atoms with Crippen molar-refractivity contribution in [3.05, 3.63) is 48.3 Å². The van der Waals surface area contributed by atoms with Crippen LogP contribution >= 0.6 is 0 Å². The number of aliphatic hydroxyl groups excluding tert-OH is 1. The van der Waals surface area contributed by atoms with Gasteiger partial charge in [-0.05, 0) is 43.3 Å². The first-order valence-electron chi connectivity index (χ1n) is 10.8. The third-order valence-electron chi connectivity index (χ3n) is 5.35. The lowest BCUT2D eigenvalue weighted by Crippen LogP contribution is -2.49. The maximum Gasteiger partial charge on any atom is 0.119 e. The summed E-state index contributed by atoms with van der Waals surface area (Å²) in [6.45, 7) is 11.2. The quantitative estimate of drug-likeness (QED) is 0.525. The molecule has 1 unspecified atom stereocenters. The van der Waals surface area contributed by atoms with Crippen molar-refractivity contribution in [3.63, 3.8) is 0 Å². The Balaban J connectivity index is 1.31. The fourth-order valence-corrected chi connectivity index (χ4v) is 3.61. The first-order chi connectivity index (χ1) is 14.2. The third-order valence-corrected chi connectivity index (χ3v) is 5.35. The molecule has 0 radical (unpaired) electrons. The third kappa shape index (κ3) is 7.78. The number of ether oxygens (including phenoxy) is 1. The van der Waals surface area contributed by atoms with Gasteiger partial charge in [0.15, 0.2) is 0 Å². The Morgan fingerprint density at radius 1 is 1.17 bits per heavy atom. The van der Waals surface area contributed by atoms with Crippen LogP contribution in [0.15, 0.2) is 42.7 Å². The molecule has 2 heterocycles. The first-order valence-corrected chi connectivity index (χ1v) is 10.8. The van der Waals surface area contributed by atoms with Crippen LogP contribution in [0.2, 0.25) is 0 Å². The second-order valence-electron chi connectivity index (χ2n) is 7.65.